The lowest BCUT2D eigenvalue weighted by molar-refractivity contribution is 0.674. The first-order valence-corrected chi connectivity index (χ1v) is 9.80. The third kappa shape index (κ3) is 3.08. The monoisotopic (exact) mass is 346 g/mol. The zero-order valence-corrected chi connectivity index (χ0v) is 14.2. The Morgan fingerprint density at radius 2 is 2.25 bits per heavy atom. The second-order valence-electron chi connectivity index (χ2n) is 4.75. The first-order valence-electron chi connectivity index (χ1n) is 6.68. The van der Waals surface area contributed by atoms with Gasteiger partial charge in [0.15, 0.2) is 0 Å². The Labute approximate surface area is 137 Å². The molecule has 6 heteroatoms. The maximum atomic E-state index is 6.27. The molecule has 0 radical (unpaired) electrons. The zero-order valence-electron chi connectivity index (χ0n) is 11.0. The molecule has 1 aliphatic heterocycles. The van der Waals surface area contributed by atoms with Gasteiger partial charge in [-0.1, -0.05) is 17.7 Å². The van der Waals surface area contributed by atoms with Crippen molar-refractivity contribution in [2.75, 3.05) is 23.1 Å². The molecule has 1 unspecified atom stereocenters. The van der Waals surface area contributed by atoms with Gasteiger partial charge in [-0.15, -0.1) is 11.6 Å². The number of hydrogen-bond acceptors (Lipinski definition) is 3. The molecule has 20 heavy (non-hydrogen) atoms. The van der Waals surface area contributed by atoms with E-state index in [2.05, 4.69) is 22.4 Å². The molecule has 0 saturated carbocycles. The molecule has 2 heterocycles. The molecule has 1 atom stereocenters. The molecule has 0 amide bonds. The minimum absolute atomic E-state index is 0.591. The summed E-state index contributed by atoms with van der Waals surface area (Å²) in [4.78, 5) is 4.70. The van der Waals surface area contributed by atoms with Gasteiger partial charge in [-0.2, -0.15) is 23.5 Å². The number of alkyl halides is 1. The number of aryl methyl sites for hydroxylation is 1. The van der Waals surface area contributed by atoms with Gasteiger partial charge in [0, 0.05) is 41.4 Å². The fourth-order valence-corrected chi connectivity index (χ4v) is 5.52. The second kappa shape index (κ2) is 6.82. The topological polar surface area (TPSA) is 17.8 Å². The summed E-state index contributed by atoms with van der Waals surface area (Å²) < 4.78 is 2.31. The average Bonchev–Trinajstić information content (AvgIpc) is 2.81. The fraction of sp³-hybridized carbons (Fsp3) is 0.500. The highest BCUT2D eigenvalue weighted by Gasteiger charge is 2.19. The van der Waals surface area contributed by atoms with Gasteiger partial charge in [0.05, 0.1) is 10.5 Å². The summed E-state index contributed by atoms with van der Waals surface area (Å²) in [5.74, 6) is 5.37. The van der Waals surface area contributed by atoms with Crippen molar-refractivity contribution in [3.05, 3.63) is 29.0 Å². The van der Waals surface area contributed by atoms with Gasteiger partial charge in [-0.05, 0) is 12.1 Å². The van der Waals surface area contributed by atoms with E-state index in [0.29, 0.717) is 11.1 Å². The molecule has 2 nitrogen and oxygen atoms in total. The fourth-order valence-electron chi connectivity index (χ4n) is 2.49. The van der Waals surface area contributed by atoms with Crippen LogP contribution in [0.3, 0.4) is 0 Å². The number of rotatable bonds is 4. The van der Waals surface area contributed by atoms with Gasteiger partial charge in [0.25, 0.3) is 0 Å². The van der Waals surface area contributed by atoms with Gasteiger partial charge in [0.1, 0.15) is 11.3 Å². The third-order valence-corrected chi connectivity index (χ3v) is 6.72. The molecule has 0 N–H and O–H groups in total. The summed E-state index contributed by atoms with van der Waals surface area (Å²) in [5, 5.41) is 1.38. The summed E-state index contributed by atoms with van der Waals surface area (Å²) in [6, 6.07) is 6.00. The minimum atomic E-state index is 0.591. The standard InChI is InChI=1S/C14H16Cl2N2S2/c15-5-4-13-17-14-11(16)2-1-3-12(14)18(13)8-10-9-19-6-7-20-10/h1-3,10H,4-9H2. The van der Waals surface area contributed by atoms with Crippen LogP contribution in [-0.4, -0.2) is 37.9 Å². The van der Waals surface area contributed by atoms with Crippen LogP contribution in [0.25, 0.3) is 11.0 Å². The number of thioether (sulfide) groups is 2. The summed E-state index contributed by atoms with van der Waals surface area (Å²) in [6.45, 7) is 1.00. The Bertz CT molecular complexity index is 594. The lowest BCUT2D eigenvalue weighted by Gasteiger charge is -2.22. The van der Waals surface area contributed by atoms with Crippen molar-refractivity contribution >= 4 is 57.8 Å². The van der Waals surface area contributed by atoms with E-state index in [9.17, 15) is 0 Å². The van der Waals surface area contributed by atoms with E-state index in [4.69, 9.17) is 28.2 Å². The van der Waals surface area contributed by atoms with Crippen LogP contribution in [0.2, 0.25) is 5.02 Å². The lowest BCUT2D eigenvalue weighted by atomic mass is 10.3. The van der Waals surface area contributed by atoms with Crippen molar-refractivity contribution < 1.29 is 0 Å². The smallest absolute Gasteiger partial charge is 0.111 e. The Balaban J connectivity index is 1.97. The maximum absolute atomic E-state index is 6.27. The van der Waals surface area contributed by atoms with Crippen LogP contribution in [-0.2, 0) is 13.0 Å². The van der Waals surface area contributed by atoms with E-state index in [1.165, 1.54) is 17.3 Å². The van der Waals surface area contributed by atoms with Crippen LogP contribution in [0.5, 0.6) is 0 Å². The van der Waals surface area contributed by atoms with E-state index in [0.717, 1.165) is 34.8 Å². The second-order valence-corrected chi connectivity index (χ2v) is 8.10. The van der Waals surface area contributed by atoms with Crippen molar-refractivity contribution in [2.45, 2.75) is 18.2 Å². The number of para-hydroxylation sites is 1. The van der Waals surface area contributed by atoms with Crippen molar-refractivity contribution in [2.24, 2.45) is 0 Å². The van der Waals surface area contributed by atoms with Gasteiger partial charge < -0.3 is 4.57 Å². The predicted octanol–water partition coefficient (Wildman–Crippen LogP) is 4.32. The van der Waals surface area contributed by atoms with Gasteiger partial charge in [-0.3, -0.25) is 0 Å². The summed E-state index contributed by atoms with van der Waals surface area (Å²) >= 11 is 16.3. The van der Waals surface area contributed by atoms with E-state index >= 15 is 0 Å². The van der Waals surface area contributed by atoms with Crippen molar-refractivity contribution in [3.63, 3.8) is 0 Å². The average molecular weight is 347 g/mol. The molecule has 1 aliphatic rings. The number of benzene rings is 1. The largest absolute Gasteiger partial charge is 0.327 e. The Hall–Kier alpha value is -0.0300. The first-order chi connectivity index (χ1) is 9.79. The van der Waals surface area contributed by atoms with Crippen molar-refractivity contribution in [3.8, 4) is 0 Å². The molecule has 108 valence electrons. The maximum Gasteiger partial charge on any atom is 0.111 e. The Kier molecular flexibility index (Phi) is 5.08. The molecular weight excluding hydrogens is 331 g/mol. The van der Waals surface area contributed by atoms with Crippen molar-refractivity contribution in [1.82, 2.24) is 9.55 Å². The highest BCUT2D eigenvalue weighted by atomic mass is 35.5. The van der Waals surface area contributed by atoms with Crippen LogP contribution in [0.4, 0.5) is 0 Å². The Morgan fingerprint density at radius 3 is 3.00 bits per heavy atom. The molecule has 1 saturated heterocycles. The number of halogens is 2. The quantitative estimate of drug-likeness (QED) is 0.767. The first kappa shape index (κ1) is 14.9. The summed E-state index contributed by atoms with van der Waals surface area (Å²) in [5.41, 5.74) is 2.04. The zero-order chi connectivity index (χ0) is 13.9. The number of imidazole rings is 1. The SMILES string of the molecule is ClCCc1nc2c(Cl)cccc2n1CC1CSCCS1. The molecule has 2 aromatic rings. The van der Waals surface area contributed by atoms with Crippen LogP contribution in [0.1, 0.15) is 5.82 Å². The van der Waals surface area contributed by atoms with Crippen molar-refractivity contribution in [1.29, 1.82) is 0 Å². The molecular formula is C14H16Cl2N2S2. The predicted molar refractivity (Wildman–Crippen MR) is 92.7 cm³/mol. The number of aromatic nitrogens is 2. The van der Waals surface area contributed by atoms with Gasteiger partial charge in [0.2, 0.25) is 0 Å². The highest BCUT2D eigenvalue weighted by molar-refractivity contribution is 8.06. The molecule has 0 spiro atoms. The van der Waals surface area contributed by atoms with Crippen LogP contribution >= 0.6 is 46.7 Å². The van der Waals surface area contributed by atoms with Gasteiger partial charge >= 0.3 is 0 Å². The third-order valence-electron chi connectivity index (χ3n) is 3.40. The van der Waals surface area contributed by atoms with Gasteiger partial charge in [-0.25, -0.2) is 4.98 Å². The van der Waals surface area contributed by atoms with Crippen LogP contribution in [0, 0.1) is 0 Å². The van der Waals surface area contributed by atoms with E-state index in [1.807, 2.05) is 23.9 Å². The minimum Gasteiger partial charge on any atom is -0.327 e. The summed E-state index contributed by atoms with van der Waals surface area (Å²) in [7, 11) is 0. The molecule has 0 bridgehead atoms. The van der Waals surface area contributed by atoms with E-state index in [-0.39, 0.29) is 0 Å². The highest BCUT2D eigenvalue weighted by Crippen LogP contribution is 2.29. The molecule has 1 aromatic carbocycles. The van der Waals surface area contributed by atoms with Crippen LogP contribution < -0.4 is 0 Å². The number of nitrogens with zero attached hydrogens (tertiary/aromatic N) is 2. The molecule has 3 rings (SSSR count). The Morgan fingerprint density at radius 1 is 1.35 bits per heavy atom. The molecule has 1 aromatic heterocycles. The normalized spacial score (nSPS) is 19.6. The van der Waals surface area contributed by atoms with E-state index < -0.39 is 0 Å². The number of hydrogen-bond donors (Lipinski definition) is 0. The lowest BCUT2D eigenvalue weighted by Crippen LogP contribution is -2.21. The van der Waals surface area contributed by atoms with Crippen LogP contribution in [0.15, 0.2) is 18.2 Å². The molecule has 0 aliphatic carbocycles. The summed E-state index contributed by atoms with van der Waals surface area (Å²) in [6.07, 6.45) is 0.789. The molecule has 1 fully saturated rings. The van der Waals surface area contributed by atoms with E-state index in [1.54, 1.807) is 0 Å². The number of fused-ring (bicyclic) bond motifs is 1.